The summed E-state index contributed by atoms with van der Waals surface area (Å²) in [5, 5.41) is 2.81. The van der Waals surface area contributed by atoms with E-state index >= 15 is 0 Å². The number of carbonyl (C=O) groups excluding carboxylic acids is 1. The largest absolute Gasteiger partial charge is 0.465 e. The maximum absolute atomic E-state index is 13.1. The van der Waals surface area contributed by atoms with Gasteiger partial charge in [-0.3, -0.25) is 14.6 Å². The van der Waals surface area contributed by atoms with E-state index in [0.29, 0.717) is 25.2 Å². The second-order valence-electron chi connectivity index (χ2n) is 16.9. The predicted molar refractivity (Wildman–Crippen MR) is 233 cm³/mol. The molecule has 1 unspecified atom stereocenters. The van der Waals surface area contributed by atoms with Gasteiger partial charge in [-0.1, -0.05) is 201 Å². The number of benzene rings is 2. The van der Waals surface area contributed by atoms with Crippen LogP contribution in [0.3, 0.4) is 0 Å². The Morgan fingerprint density at radius 1 is 0.782 bits per heavy atom. The summed E-state index contributed by atoms with van der Waals surface area (Å²) in [6, 6.07) is 22.9. The highest BCUT2D eigenvalue weighted by atomic mass is 28.3. The Morgan fingerprint density at radius 3 is 1.76 bits per heavy atom. The number of imidazole rings is 1. The van der Waals surface area contributed by atoms with Gasteiger partial charge in [-0.25, -0.2) is 4.98 Å². The Morgan fingerprint density at radius 2 is 1.27 bits per heavy atom. The number of ether oxygens (including phenoxy) is 1. The van der Waals surface area contributed by atoms with Crippen LogP contribution in [0.1, 0.15) is 150 Å². The van der Waals surface area contributed by atoms with Gasteiger partial charge in [-0.2, -0.15) is 4.98 Å². The van der Waals surface area contributed by atoms with Crippen molar-refractivity contribution in [2.24, 2.45) is 5.92 Å². The Kier molecular flexibility index (Phi) is 18.7. The number of hydrogen-bond acceptors (Lipinski definition) is 6. The van der Waals surface area contributed by atoms with E-state index in [1.165, 1.54) is 107 Å². The van der Waals surface area contributed by atoms with E-state index in [0.717, 1.165) is 25.3 Å². The van der Waals surface area contributed by atoms with Crippen molar-refractivity contribution in [3.63, 3.8) is 0 Å². The van der Waals surface area contributed by atoms with Gasteiger partial charge in [0.15, 0.2) is 11.2 Å². The third-order valence-corrected chi connectivity index (χ3v) is 17.9. The van der Waals surface area contributed by atoms with Gasteiger partial charge < -0.3 is 15.0 Å². The van der Waals surface area contributed by atoms with Gasteiger partial charge in [0, 0.05) is 18.9 Å². The molecule has 0 aliphatic carbocycles. The van der Waals surface area contributed by atoms with Crippen molar-refractivity contribution in [1.29, 1.82) is 0 Å². The van der Waals surface area contributed by atoms with Crippen LogP contribution in [0.4, 0.5) is 5.95 Å². The number of H-pyrrole nitrogens is 1. The number of anilines is 1. The molecule has 302 valence electrons. The molecule has 9 heteroatoms. The minimum absolute atomic E-state index is 0.00881. The number of nitrogen functional groups attached to an aromatic ring is 1. The first-order valence-electron chi connectivity index (χ1n) is 21.6. The number of aromatic amines is 1. The van der Waals surface area contributed by atoms with Crippen LogP contribution in [-0.2, 0) is 16.1 Å². The first-order chi connectivity index (χ1) is 26.7. The summed E-state index contributed by atoms with van der Waals surface area (Å²) < 4.78 is 7.92. The summed E-state index contributed by atoms with van der Waals surface area (Å²) in [4.78, 5) is 37.0. The van der Waals surface area contributed by atoms with E-state index in [9.17, 15) is 9.59 Å². The lowest BCUT2D eigenvalue weighted by Crippen LogP contribution is -2.64. The minimum atomic E-state index is -2.35. The molecule has 0 radical (unpaired) electrons. The highest BCUT2D eigenvalue weighted by Gasteiger charge is 2.47. The third kappa shape index (κ3) is 13.8. The van der Waals surface area contributed by atoms with Crippen molar-refractivity contribution >= 4 is 41.5 Å². The zero-order chi connectivity index (χ0) is 39.4. The van der Waals surface area contributed by atoms with Gasteiger partial charge >= 0.3 is 5.97 Å². The first kappa shape index (κ1) is 44.0. The number of nitrogens with two attached hydrogens (primary N) is 1. The molecule has 2 heterocycles. The molecule has 0 saturated heterocycles. The SMILES string of the molecule is CCCCCCCCCCCCCCCCCCCC(=O)OCC(CC[Si](c1ccccc1)(c1ccccc1)C(C)(C)C)Cn1cnc2c(=O)[nH]c(N)nc21. The first-order valence-corrected chi connectivity index (χ1v) is 23.8. The lowest BCUT2D eigenvalue weighted by Gasteiger charge is -2.45. The number of rotatable bonds is 27. The molecule has 0 spiro atoms. The topological polar surface area (TPSA) is 116 Å². The number of unbranched alkanes of at least 4 members (excludes halogenated alkanes) is 16. The average Bonchev–Trinajstić information content (AvgIpc) is 3.57. The molecule has 8 nitrogen and oxygen atoms in total. The van der Waals surface area contributed by atoms with Crippen LogP contribution in [0.15, 0.2) is 71.8 Å². The van der Waals surface area contributed by atoms with E-state index in [4.69, 9.17) is 10.5 Å². The van der Waals surface area contributed by atoms with Gasteiger partial charge in [0.2, 0.25) is 5.95 Å². The quantitative estimate of drug-likeness (QED) is 0.0354. The molecule has 4 rings (SSSR count). The summed E-state index contributed by atoms with van der Waals surface area (Å²) in [5.74, 6) is -0.0878. The second-order valence-corrected chi connectivity index (χ2v) is 21.9. The molecule has 2 aromatic heterocycles. The predicted octanol–water partition coefficient (Wildman–Crippen LogP) is 10.4. The molecule has 0 fully saturated rings. The van der Waals surface area contributed by atoms with Gasteiger partial charge in [0.1, 0.15) is 8.07 Å². The number of hydrogen-bond donors (Lipinski definition) is 2. The fourth-order valence-corrected chi connectivity index (χ4v) is 14.2. The Balaban J connectivity index is 1.28. The number of carbonyl (C=O) groups is 1. The molecular weight excluding hydrogens is 699 g/mol. The maximum Gasteiger partial charge on any atom is 0.305 e. The van der Waals surface area contributed by atoms with Gasteiger partial charge in [0.05, 0.1) is 12.9 Å². The van der Waals surface area contributed by atoms with E-state index < -0.39 is 8.07 Å². The number of nitrogens with zero attached hydrogens (tertiary/aromatic N) is 3. The van der Waals surface area contributed by atoms with Crippen LogP contribution in [0.2, 0.25) is 11.1 Å². The van der Waals surface area contributed by atoms with Crippen LogP contribution in [0, 0.1) is 5.92 Å². The third-order valence-electron chi connectivity index (χ3n) is 11.7. The van der Waals surface area contributed by atoms with Crippen molar-refractivity contribution in [3.05, 3.63) is 77.3 Å². The zero-order valence-corrected chi connectivity index (χ0v) is 35.6. The van der Waals surface area contributed by atoms with Crippen molar-refractivity contribution in [2.75, 3.05) is 12.3 Å². The Hall–Kier alpha value is -3.72. The number of esters is 1. The highest BCUT2D eigenvalue weighted by Crippen LogP contribution is 2.40. The standard InChI is InChI=1S/C46H71N5O3Si/c1-5-6-7-8-9-10-11-12-13-14-15-16-17-18-19-20-27-32-41(52)54-36-38(35-51-37-48-42-43(51)49-45(47)50-44(42)53)33-34-55(46(2,3)4,39-28-23-21-24-29-39)40-30-25-22-26-31-40/h21-26,28-31,37-38H,5-20,27,32-36H2,1-4H3,(H3,47,49,50,53). The van der Waals surface area contributed by atoms with Crippen LogP contribution in [-0.4, -0.2) is 40.2 Å². The summed E-state index contributed by atoms with van der Waals surface area (Å²) in [7, 11) is -2.35. The van der Waals surface area contributed by atoms with Crippen LogP contribution < -0.4 is 21.7 Å². The molecule has 2 aromatic carbocycles. The molecule has 0 aliphatic rings. The van der Waals surface area contributed by atoms with Crippen molar-refractivity contribution in [3.8, 4) is 0 Å². The van der Waals surface area contributed by atoms with Gasteiger partial charge in [-0.15, -0.1) is 0 Å². The number of nitrogens with one attached hydrogen (secondary N) is 1. The Bertz CT molecular complexity index is 1680. The lowest BCUT2D eigenvalue weighted by atomic mass is 10.0. The van der Waals surface area contributed by atoms with E-state index in [1.54, 1.807) is 6.33 Å². The van der Waals surface area contributed by atoms with Crippen molar-refractivity contribution in [1.82, 2.24) is 19.5 Å². The molecule has 0 aliphatic heterocycles. The van der Waals surface area contributed by atoms with E-state index in [1.807, 2.05) is 4.57 Å². The monoisotopic (exact) mass is 770 g/mol. The van der Waals surface area contributed by atoms with Crippen molar-refractivity contribution < 1.29 is 9.53 Å². The molecule has 4 aromatic rings. The molecule has 55 heavy (non-hydrogen) atoms. The normalized spacial score (nSPS) is 12.7. The van der Waals surface area contributed by atoms with Gasteiger partial charge in [-0.05, 0) is 23.9 Å². The van der Waals surface area contributed by atoms with Crippen molar-refractivity contribution in [2.45, 2.75) is 167 Å². The van der Waals surface area contributed by atoms with Gasteiger partial charge in [0.25, 0.3) is 5.56 Å². The Labute approximate surface area is 332 Å². The fourth-order valence-electron chi connectivity index (χ4n) is 8.45. The molecule has 0 amide bonds. The van der Waals surface area contributed by atoms with E-state index in [-0.39, 0.29) is 33.9 Å². The summed E-state index contributed by atoms with van der Waals surface area (Å²) in [5.41, 5.74) is 6.29. The summed E-state index contributed by atoms with van der Waals surface area (Å²) in [6.45, 7) is 10.2. The highest BCUT2D eigenvalue weighted by molar-refractivity contribution is 7.04. The lowest BCUT2D eigenvalue weighted by molar-refractivity contribution is -0.145. The number of fused-ring (bicyclic) bond motifs is 1. The van der Waals surface area contributed by atoms with Crippen LogP contribution >= 0.6 is 0 Å². The molecule has 1 atom stereocenters. The minimum Gasteiger partial charge on any atom is -0.465 e. The second kappa shape index (κ2) is 23.4. The fraction of sp³-hybridized carbons (Fsp3) is 0.609. The zero-order valence-electron chi connectivity index (χ0n) is 34.6. The molecular formula is C46H71N5O3Si. The van der Waals surface area contributed by atoms with Crippen LogP contribution in [0.5, 0.6) is 0 Å². The number of aromatic nitrogens is 4. The average molecular weight is 770 g/mol. The molecule has 3 N–H and O–H groups in total. The smallest absolute Gasteiger partial charge is 0.305 e. The summed E-state index contributed by atoms with van der Waals surface area (Å²) >= 11 is 0. The maximum atomic E-state index is 13.1. The van der Waals surface area contributed by atoms with E-state index in [2.05, 4.69) is 103 Å². The van der Waals surface area contributed by atoms with Crippen LogP contribution in [0.25, 0.3) is 11.2 Å². The molecule has 0 bridgehead atoms. The summed E-state index contributed by atoms with van der Waals surface area (Å²) in [6.07, 6.45) is 25.2. The molecule has 0 saturated carbocycles.